The number of β-amino-alcohol motifs (C(OH)–C–C–N with tert-alkyl or cyclic N) is 1. The maximum atomic E-state index is 9.99. The number of thiocarbonyl (C=S) groups is 1. The number of aromatic nitrogens is 1. The van der Waals surface area contributed by atoms with Gasteiger partial charge < -0.3 is 20.6 Å². The topological polar surface area (TPSA) is 65.6 Å². The maximum absolute atomic E-state index is 9.99. The molecule has 2 heterocycles. The number of likely N-dealkylation sites (N-methyl/N-ethyl adjacent to an activating group) is 1. The molecule has 1 aliphatic heterocycles. The van der Waals surface area contributed by atoms with E-state index < -0.39 is 0 Å². The van der Waals surface area contributed by atoms with Crippen molar-refractivity contribution in [1.82, 2.24) is 9.88 Å². The van der Waals surface area contributed by atoms with Crippen LogP contribution in [0.5, 0.6) is 0 Å². The van der Waals surface area contributed by atoms with Gasteiger partial charge in [-0.2, -0.15) is 0 Å². The van der Waals surface area contributed by atoms with Gasteiger partial charge in [0.15, 0.2) is 0 Å². The molecule has 0 aliphatic carbocycles. The Labute approximate surface area is 125 Å². The van der Waals surface area contributed by atoms with Crippen LogP contribution in [0.2, 0.25) is 0 Å². The summed E-state index contributed by atoms with van der Waals surface area (Å²) in [6.07, 6.45) is 0.409. The van der Waals surface area contributed by atoms with Crippen molar-refractivity contribution in [3.63, 3.8) is 0 Å². The fourth-order valence-corrected chi connectivity index (χ4v) is 2.86. The van der Waals surface area contributed by atoms with Crippen LogP contribution in [0.3, 0.4) is 0 Å². The Morgan fingerprint density at radius 3 is 2.85 bits per heavy atom. The van der Waals surface area contributed by atoms with Crippen LogP contribution in [0, 0.1) is 6.92 Å². The van der Waals surface area contributed by atoms with Gasteiger partial charge in [-0.25, -0.2) is 4.98 Å². The van der Waals surface area contributed by atoms with E-state index in [4.69, 9.17) is 18.0 Å². The fraction of sp³-hybridized carbons (Fsp3) is 0.571. The van der Waals surface area contributed by atoms with Crippen LogP contribution >= 0.6 is 12.2 Å². The first kappa shape index (κ1) is 15.2. The predicted molar refractivity (Wildman–Crippen MR) is 85.2 cm³/mol. The Morgan fingerprint density at radius 2 is 2.25 bits per heavy atom. The summed E-state index contributed by atoms with van der Waals surface area (Å²) in [5.41, 5.74) is 7.51. The van der Waals surface area contributed by atoms with Gasteiger partial charge in [0.25, 0.3) is 0 Å². The zero-order chi connectivity index (χ0) is 14.9. The lowest BCUT2D eigenvalue weighted by atomic mass is 10.1. The quantitative estimate of drug-likeness (QED) is 0.790. The van der Waals surface area contributed by atoms with Gasteiger partial charge in [-0.15, -0.1) is 0 Å². The molecule has 0 amide bonds. The summed E-state index contributed by atoms with van der Waals surface area (Å²) in [5.74, 6) is 0.793. The van der Waals surface area contributed by atoms with E-state index in [2.05, 4.69) is 14.8 Å². The number of pyridine rings is 1. The predicted octanol–water partition coefficient (Wildman–Crippen LogP) is 0.525. The number of rotatable bonds is 4. The molecule has 110 valence electrons. The fourth-order valence-electron chi connectivity index (χ4n) is 2.70. The standard InChI is InChI=1S/C14H22N4OS/c1-9-4-5-12(13(15)20)14(16-9)18-8-11(19)6-10(18)7-17(2)3/h4-5,10-11,19H,6-8H2,1-3H3,(H2,15,20). The Hall–Kier alpha value is -1.24. The second-order valence-electron chi connectivity index (χ2n) is 5.65. The highest BCUT2D eigenvalue weighted by molar-refractivity contribution is 7.80. The number of hydrogen-bond acceptors (Lipinski definition) is 5. The molecule has 5 nitrogen and oxygen atoms in total. The molecule has 2 unspecified atom stereocenters. The maximum Gasteiger partial charge on any atom is 0.139 e. The molecule has 2 rings (SSSR count). The first-order valence-electron chi connectivity index (χ1n) is 6.75. The lowest BCUT2D eigenvalue weighted by Crippen LogP contribution is -2.39. The summed E-state index contributed by atoms with van der Waals surface area (Å²) < 4.78 is 0. The average Bonchev–Trinajstić information content (AvgIpc) is 2.68. The molecule has 0 saturated carbocycles. The van der Waals surface area contributed by atoms with Gasteiger partial charge >= 0.3 is 0 Å². The average molecular weight is 294 g/mol. The van der Waals surface area contributed by atoms with E-state index in [0.717, 1.165) is 30.0 Å². The van der Waals surface area contributed by atoms with E-state index in [1.54, 1.807) is 0 Å². The molecule has 1 fully saturated rings. The van der Waals surface area contributed by atoms with Crippen molar-refractivity contribution in [1.29, 1.82) is 0 Å². The van der Waals surface area contributed by atoms with Crippen molar-refractivity contribution in [2.45, 2.75) is 25.5 Å². The van der Waals surface area contributed by atoms with Crippen molar-refractivity contribution in [3.05, 3.63) is 23.4 Å². The van der Waals surface area contributed by atoms with E-state index in [1.165, 1.54) is 0 Å². The number of aliphatic hydroxyl groups is 1. The Bertz CT molecular complexity index is 506. The van der Waals surface area contributed by atoms with Crippen molar-refractivity contribution in [2.75, 3.05) is 32.1 Å². The van der Waals surface area contributed by atoms with Crippen LogP contribution in [0.4, 0.5) is 5.82 Å². The number of aliphatic hydroxyl groups excluding tert-OH is 1. The Kier molecular flexibility index (Phi) is 4.57. The van der Waals surface area contributed by atoms with Gasteiger partial charge in [-0.05, 0) is 39.6 Å². The van der Waals surface area contributed by atoms with E-state index >= 15 is 0 Å². The third-order valence-electron chi connectivity index (χ3n) is 3.52. The number of hydrogen-bond donors (Lipinski definition) is 2. The van der Waals surface area contributed by atoms with Gasteiger partial charge in [0.2, 0.25) is 0 Å². The molecule has 3 N–H and O–H groups in total. The van der Waals surface area contributed by atoms with Gasteiger partial charge in [-0.3, -0.25) is 0 Å². The highest BCUT2D eigenvalue weighted by Gasteiger charge is 2.33. The van der Waals surface area contributed by atoms with Crippen LogP contribution in [0.1, 0.15) is 17.7 Å². The zero-order valence-corrected chi connectivity index (χ0v) is 13.0. The van der Waals surface area contributed by atoms with Crippen LogP contribution in [0.15, 0.2) is 12.1 Å². The molecule has 0 spiro atoms. The molecule has 20 heavy (non-hydrogen) atoms. The summed E-state index contributed by atoms with van der Waals surface area (Å²) in [6.45, 7) is 3.38. The van der Waals surface area contributed by atoms with Crippen LogP contribution < -0.4 is 10.6 Å². The van der Waals surface area contributed by atoms with E-state index in [0.29, 0.717) is 11.5 Å². The number of anilines is 1. The molecular formula is C14H22N4OS. The first-order valence-corrected chi connectivity index (χ1v) is 7.16. The van der Waals surface area contributed by atoms with Crippen molar-refractivity contribution < 1.29 is 5.11 Å². The summed E-state index contributed by atoms with van der Waals surface area (Å²) in [4.78, 5) is 9.19. The van der Waals surface area contributed by atoms with Crippen LogP contribution in [-0.4, -0.2) is 59.3 Å². The van der Waals surface area contributed by atoms with E-state index in [1.807, 2.05) is 33.2 Å². The third-order valence-corrected chi connectivity index (χ3v) is 3.74. The van der Waals surface area contributed by atoms with Gasteiger partial charge in [0, 0.05) is 24.8 Å². The van der Waals surface area contributed by atoms with Crippen molar-refractivity contribution in [3.8, 4) is 0 Å². The molecular weight excluding hydrogens is 272 g/mol. The highest BCUT2D eigenvalue weighted by Crippen LogP contribution is 2.28. The summed E-state index contributed by atoms with van der Waals surface area (Å²) in [7, 11) is 4.06. The number of aryl methyl sites for hydroxylation is 1. The molecule has 0 radical (unpaired) electrons. The molecule has 2 atom stereocenters. The SMILES string of the molecule is Cc1ccc(C(N)=S)c(N2CC(O)CC2CN(C)C)n1. The van der Waals surface area contributed by atoms with Gasteiger partial charge in [0.1, 0.15) is 10.8 Å². The Balaban J connectivity index is 2.37. The van der Waals surface area contributed by atoms with Gasteiger partial charge in [-0.1, -0.05) is 12.2 Å². The van der Waals surface area contributed by atoms with E-state index in [-0.39, 0.29) is 12.1 Å². The van der Waals surface area contributed by atoms with Crippen LogP contribution in [-0.2, 0) is 0 Å². The molecule has 1 aliphatic rings. The summed E-state index contributed by atoms with van der Waals surface area (Å²) >= 11 is 5.12. The third kappa shape index (κ3) is 3.26. The minimum absolute atomic E-state index is 0.224. The zero-order valence-electron chi connectivity index (χ0n) is 12.2. The monoisotopic (exact) mass is 294 g/mol. The van der Waals surface area contributed by atoms with E-state index in [9.17, 15) is 5.11 Å². The lowest BCUT2D eigenvalue weighted by Gasteiger charge is -2.29. The summed E-state index contributed by atoms with van der Waals surface area (Å²) in [6, 6.07) is 4.05. The number of nitrogens with zero attached hydrogens (tertiary/aromatic N) is 3. The van der Waals surface area contributed by atoms with Gasteiger partial charge in [0.05, 0.1) is 11.7 Å². The second kappa shape index (κ2) is 6.03. The molecule has 0 bridgehead atoms. The minimum Gasteiger partial charge on any atom is -0.391 e. The molecule has 1 aromatic rings. The first-order chi connectivity index (χ1) is 9.38. The molecule has 0 aromatic carbocycles. The molecule has 1 aromatic heterocycles. The number of nitrogens with two attached hydrogens (primary N) is 1. The largest absolute Gasteiger partial charge is 0.391 e. The minimum atomic E-state index is -0.332. The molecule has 6 heteroatoms. The Morgan fingerprint density at radius 1 is 1.55 bits per heavy atom. The van der Waals surface area contributed by atoms with Crippen molar-refractivity contribution >= 4 is 23.0 Å². The van der Waals surface area contributed by atoms with Crippen molar-refractivity contribution in [2.24, 2.45) is 5.73 Å². The summed E-state index contributed by atoms with van der Waals surface area (Å²) in [5, 5.41) is 9.99. The van der Waals surface area contributed by atoms with Crippen LogP contribution in [0.25, 0.3) is 0 Å². The highest BCUT2D eigenvalue weighted by atomic mass is 32.1. The normalized spacial score (nSPS) is 22.6. The lowest BCUT2D eigenvalue weighted by molar-refractivity contribution is 0.191. The molecule has 1 saturated heterocycles. The second-order valence-corrected chi connectivity index (χ2v) is 6.09. The smallest absolute Gasteiger partial charge is 0.139 e.